The number of nitrogens with zero attached hydrogens (tertiary/aromatic N) is 2. The third-order valence-electron chi connectivity index (χ3n) is 3.79. The minimum Gasteiger partial charge on any atom is -0.340 e. The molecule has 0 fully saturated rings. The van der Waals surface area contributed by atoms with Crippen LogP contribution in [0.1, 0.15) is 18.1 Å². The molecule has 2 aromatic carbocycles. The molecule has 0 aliphatic heterocycles. The van der Waals surface area contributed by atoms with Gasteiger partial charge in [0.15, 0.2) is 5.82 Å². The van der Waals surface area contributed by atoms with Gasteiger partial charge in [0.2, 0.25) is 0 Å². The third kappa shape index (κ3) is 3.54. The third-order valence-corrected chi connectivity index (χ3v) is 3.98. The molecule has 24 heavy (non-hydrogen) atoms. The van der Waals surface area contributed by atoms with Crippen molar-refractivity contribution in [2.75, 3.05) is 5.32 Å². The van der Waals surface area contributed by atoms with E-state index >= 15 is 0 Å². The van der Waals surface area contributed by atoms with E-state index in [2.05, 4.69) is 28.3 Å². The average molecular weight is 342 g/mol. The number of aryl methyl sites for hydroxylation is 2. The molecule has 0 saturated heterocycles. The van der Waals surface area contributed by atoms with Crippen LogP contribution in [0.5, 0.6) is 0 Å². The van der Waals surface area contributed by atoms with Gasteiger partial charge in [0.25, 0.3) is 0 Å². The predicted molar refractivity (Wildman–Crippen MR) is 96.3 cm³/mol. The first-order valence-electron chi connectivity index (χ1n) is 7.73. The standard InChI is InChI=1S/C19H17ClFN3/c1-3-13-6-4-5-12(2)18(13)23-17-11-16(20)22-19(24-17)14-7-9-15(21)10-8-14/h4-11H,3H2,1-2H3,(H,22,23,24). The molecule has 0 radical (unpaired) electrons. The maximum absolute atomic E-state index is 13.1. The Hall–Kier alpha value is -2.46. The molecule has 1 heterocycles. The molecule has 0 unspecified atom stereocenters. The highest BCUT2D eigenvalue weighted by Crippen LogP contribution is 2.27. The molecule has 5 heteroatoms. The fourth-order valence-electron chi connectivity index (χ4n) is 2.54. The number of aromatic nitrogens is 2. The SMILES string of the molecule is CCc1cccc(C)c1Nc1cc(Cl)nc(-c2ccc(F)cc2)n1. The summed E-state index contributed by atoms with van der Waals surface area (Å²) in [6, 6.07) is 13.9. The predicted octanol–water partition coefficient (Wildman–Crippen LogP) is 5.55. The van der Waals surface area contributed by atoms with Crippen molar-refractivity contribution >= 4 is 23.1 Å². The van der Waals surface area contributed by atoms with Crippen molar-refractivity contribution in [2.24, 2.45) is 0 Å². The number of hydrogen-bond acceptors (Lipinski definition) is 3. The zero-order valence-electron chi connectivity index (χ0n) is 13.5. The Morgan fingerprint density at radius 2 is 1.83 bits per heavy atom. The summed E-state index contributed by atoms with van der Waals surface area (Å²) in [6.45, 7) is 4.15. The van der Waals surface area contributed by atoms with Gasteiger partial charge < -0.3 is 5.32 Å². The number of rotatable bonds is 4. The van der Waals surface area contributed by atoms with E-state index in [0.29, 0.717) is 22.4 Å². The molecule has 1 N–H and O–H groups in total. The van der Waals surface area contributed by atoms with Crippen molar-refractivity contribution in [3.63, 3.8) is 0 Å². The van der Waals surface area contributed by atoms with E-state index in [1.165, 1.54) is 17.7 Å². The van der Waals surface area contributed by atoms with E-state index in [0.717, 1.165) is 17.7 Å². The number of benzene rings is 2. The summed E-state index contributed by atoms with van der Waals surface area (Å²) >= 11 is 6.15. The first-order valence-corrected chi connectivity index (χ1v) is 8.10. The monoisotopic (exact) mass is 341 g/mol. The second-order valence-electron chi connectivity index (χ2n) is 5.49. The topological polar surface area (TPSA) is 37.8 Å². The van der Waals surface area contributed by atoms with Gasteiger partial charge in [-0.1, -0.05) is 36.7 Å². The molecule has 3 rings (SSSR count). The van der Waals surface area contributed by atoms with Gasteiger partial charge in [-0.25, -0.2) is 14.4 Å². The number of para-hydroxylation sites is 1. The summed E-state index contributed by atoms with van der Waals surface area (Å²) in [5.41, 5.74) is 4.07. The molecule has 0 atom stereocenters. The number of halogens is 2. The largest absolute Gasteiger partial charge is 0.340 e. The quantitative estimate of drug-likeness (QED) is 0.632. The van der Waals surface area contributed by atoms with Crippen molar-refractivity contribution in [3.8, 4) is 11.4 Å². The summed E-state index contributed by atoms with van der Waals surface area (Å²) in [7, 11) is 0. The van der Waals surface area contributed by atoms with Crippen molar-refractivity contribution in [1.29, 1.82) is 0 Å². The lowest BCUT2D eigenvalue weighted by atomic mass is 10.1. The molecule has 0 bridgehead atoms. The lowest BCUT2D eigenvalue weighted by Gasteiger charge is -2.14. The second-order valence-corrected chi connectivity index (χ2v) is 5.88. The Morgan fingerprint density at radius 1 is 1.08 bits per heavy atom. The molecule has 0 spiro atoms. The van der Waals surface area contributed by atoms with Gasteiger partial charge in [0, 0.05) is 17.3 Å². The van der Waals surface area contributed by atoms with Gasteiger partial charge in [-0.15, -0.1) is 0 Å². The maximum atomic E-state index is 13.1. The minimum atomic E-state index is -0.299. The Bertz CT molecular complexity index is 863. The second kappa shape index (κ2) is 6.97. The molecule has 0 aliphatic rings. The van der Waals surface area contributed by atoms with Crippen LogP contribution in [0.15, 0.2) is 48.5 Å². The molecule has 1 aromatic heterocycles. The first kappa shape index (κ1) is 16.4. The molecule has 0 saturated carbocycles. The molecule has 0 amide bonds. The fourth-order valence-corrected chi connectivity index (χ4v) is 2.72. The zero-order valence-corrected chi connectivity index (χ0v) is 14.2. The Morgan fingerprint density at radius 3 is 2.54 bits per heavy atom. The summed E-state index contributed by atoms with van der Waals surface area (Å²) in [5.74, 6) is 0.765. The number of anilines is 2. The van der Waals surface area contributed by atoms with Crippen LogP contribution in [0.4, 0.5) is 15.9 Å². The number of nitrogens with one attached hydrogen (secondary N) is 1. The van der Waals surface area contributed by atoms with Crippen LogP contribution in [-0.4, -0.2) is 9.97 Å². The van der Waals surface area contributed by atoms with Gasteiger partial charge in [-0.05, 0) is 48.7 Å². The van der Waals surface area contributed by atoms with Gasteiger partial charge in [0.05, 0.1) is 0 Å². The van der Waals surface area contributed by atoms with E-state index in [1.54, 1.807) is 18.2 Å². The number of hydrogen-bond donors (Lipinski definition) is 1. The van der Waals surface area contributed by atoms with E-state index in [9.17, 15) is 4.39 Å². The minimum absolute atomic E-state index is 0.299. The van der Waals surface area contributed by atoms with Gasteiger partial charge in [-0.2, -0.15) is 0 Å². The van der Waals surface area contributed by atoms with Crippen LogP contribution in [0.3, 0.4) is 0 Å². The first-order chi connectivity index (χ1) is 11.6. The highest BCUT2D eigenvalue weighted by molar-refractivity contribution is 6.29. The van der Waals surface area contributed by atoms with Crippen LogP contribution in [0, 0.1) is 12.7 Å². The summed E-state index contributed by atoms with van der Waals surface area (Å²) in [5, 5.41) is 3.68. The molecule has 122 valence electrons. The lowest BCUT2D eigenvalue weighted by molar-refractivity contribution is 0.628. The van der Waals surface area contributed by atoms with Gasteiger partial charge in [-0.3, -0.25) is 0 Å². The van der Waals surface area contributed by atoms with Crippen LogP contribution in [-0.2, 0) is 6.42 Å². The normalized spacial score (nSPS) is 10.7. The van der Waals surface area contributed by atoms with Crippen LogP contribution in [0.2, 0.25) is 5.15 Å². The van der Waals surface area contributed by atoms with Gasteiger partial charge >= 0.3 is 0 Å². The van der Waals surface area contributed by atoms with Gasteiger partial charge in [0.1, 0.15) is 16.8 Å². The van der Waals surface area contributed by atoms with E-state index in [1.807, 2.05) is 19.1 Å². The van der Waals surface area contributed by atoms with Crippen LogP contribution >= 0.6 is 11.6 Å². The van der Waals surface area contributed by atoms with E-state index < -0.39 is 0 Å². The Labute approximate surface area is 145 Å². The fraction of sp³-hybridized carbons (Fsp3) is 0.158. The molecule has 3 nitrogen and oxygen atoms in total. The van der Waals surface area contributed by atoms with Crippen LogP contribution in [0.25, 0.3) is 11.4 Å². The average Bonchev–Trinajstić information content (AvgIpc) is 2.57. The molecular weight excluding hydrogens is 325 g/mol. The summed E-state index contributed by atoms with van der Waals surface area (Å²) in [6.07, 6.45) is 0.910. The molecule has 0 aliphatic carbocycles. The van der Waals surface area contributed by atoms with E-state index in [-0.39, 0.29) is 5.82 Å². The summed E-state index contributed by atoms with van der Waals surface area (Å²) in [4.78, 5) is 8.75. The van der Waals surface area contributed by atoms with Crippen molar-refractivity contribution < 1.29 is 4.39 Å². The summed E-state index contributed by atoms with van der Waals surface area (Å²) < 4.78 is 13.1. The van der Waals surface area contributed by atoms with Crippen molar-refractivity contribution in [3.05, 3.63) is 70.6 Å². The zero-order chi connectivity index (χ0) is 17.1. The maximum Gasteiger partial charge on any atom is 0.163 e. The molecular formula is C19H17ClFN3. The Kier molecular flexibility index (Phi) is 4.76. The van der Waals surface area contributed by atoms with Crippen LogP contribution < -0.4 is 5.32 Å². The molecule has 3 aromatic rings. The Balaban J connectivity index is 1.99. The van der Waals surface area contributed by atoms with Crippen molar-refractivity contribution in [2.45, 2.75) is 20.3 Å². The van der Waals surface area contributed by atoms with Crippen molar-refractivity contribution in [1.82, 2.24) is 9.97 Å². The lowest BCUT2D eigenvalue weighted by Crippen LogP contribution is -2.02. The smallest absolute Gasteiger partial charge is 0.163 e. The highest BCUT2D eigenvalue weighted by Gasteiger charge is 2.09. The van der Waals surface area contributed by atoms with E-state index in [4.69, 9.17) is 11.6 Å². The highest BCUT2D eigenvalue weighted by atomic mass is 35.5.